The molecule has 0 saturated carbocycles. The number of benzene rings is 1. The van der Waals surface area contributed by atoms with Crippen molar-refractivity contribution < 1.29 is 19.7 Å². The molecule has 2 atom stereocenters. The zero-order chi connectivity index (χ0) is 13.4. The van der Waals surface area contributed by atoms with Gasteiger partial charge >= 0.3 is 5.97 Å². The number of hydrogen-bond donors (Lipinski definition) is 2. The van der Waals surface area contributed by atoms with E-state index in [1.807, 2.05) is 0 Å². The molecule has 0 amide bonds. The molecule has 18 heavy (non-hydrogen) atoms. The average Bonchev–Trinajstić information content (AvgIpc) is 2.37. The van der Waals surface area contributed by atoms with E-state index in [1.54, 1.807) is 35.7 Å². The molecule has 1 aromatic carbocycles. The number of para-hydroxylation sites is 1. The average molecular weight is 268 g/mol. The molecule has 1 rings (SSSR count). The number of carboxylic acid groups (broad SMARTS) is 1. The van der Waals surface area contributed by atoms with Crippen LogP contribution < -0.4 is 4.74 Å². The van der Waals surface area contributed by atoms with Crippen LogP contribution >= 0.6 is 12.2 Å². The second-order valence-corrected chi connectivity index (χ2v) is 4.19. The van der Waals surface area contributed by atoms with Crippen molar-refractivity contribution in [3.63, 3.8) is 0 Å². The standard InChI is InChI=1S/C13H16O4S/c14-11(8-4-5-9-18)12(13(15)16)17-10-6-2-1-3-7-10/h1-3,6-7,9,11-12,14H,4-5,8H2,(H,15,16). The minimum atomic E-state index is -1.25. The topological polar surface area (TPSA) is 66.8 Å². The van der Waals surface area contributed by atoms with Crippen LogP contribution in [0.3, 0.4) is 0 Å². The highest BCUT2D eigenvalue weighted by Crippen LogP contribution is 2.15. The third-order valence-corrected chi connectivity index (χ3v) is 2.66. The van der Waals surface area contributed by atoms with Gasteiger partial charge in [-0.15, -0.1) is 0 Å². The fourth-order valence-corrected chi connectivity index (χ4v) is 1.67. The third-order valence-electron chi connectivity index (χ3n) is 2.42. The van der Waals surface area contributed by atoms with Crippen molar-refractivity contribution in [2.24, 2.45) is 0 Å². The zero-order valence-corrected chi connectivity index (χ0v) is 10.7. The maximum absolute atomic E-state index is 11.1. The SMILES string of the molecule is O=C(O)C(Oc1ccccc1)C(O)CCCC=S. The normalized spacial score (nSPS) is 13.6. The second-order valence-electron chi connectivity index (χ2n) is 3.85. The van der Waals surface area contributed by atoms with Crippen LogP contribution in [0.5, 0.6) is 5.75 Å². The number of thiocarbonyl (C=S) groups is 1. The Hall–Kier alpha value is -1.46. The van der Waals surface area contributed by atoms with E-state index in [4.69, 9.17) is 9.84 Å². The monoisotopic (exact) mass is 268 g/mol. The van der Waals surface area contributed by atoms with Crippen LogP contribution in [0.25, 0.3) is 0 Å². The lowest BCUT2D eigenvalue weighted by molar-refractivity contribution is -0.150. The molecule has 0 aliphatic rings. The summed E-state index contributed by atoms with van der Waals surface area (Å²) in [5.41, 5.74) is 0. The summed E-state index contributed by atoms with van der Waals surface area (Å²) in [6.07, 6.45) is -0.636. The Morgan fingerprint density at radius 1 is 1.39 bits per heavy atom. The molecule has 4 nitrogen and oxygen atoms in total. The van der Waals surface area contributed by atoms with Crippen molar-refractivity contribution in [3.05, 3.63) is 30.3 Å². The van der Waals surface area contributed by atoms with Crippen molar-refractivity contribution in [1.29, 1.82) is 0 Å². The van der Waals surface area contributed by atoms with E-state index in [9.17, 15) is 9.90 Å². The molecule has 0 aromatic heterocycles. The second kappa shape index (κ2) is 7.79. The zero-order valence-electron chi connectivity index (χ0n) is 9.86. The number of aliphatic hydroxyl groups is 1. The molecule has 0 radical (unpaired) electrons. The number of rotatable bonds is 8. The first kappa shape index (κ1) is 14.6. The van der Waals surface area contributed by atoms with Crippen LogP contribution in [0.1, 0.15) is 19.3 Å². The largest absolute Gasteiger partial charge is 0.478 e. The van der Waals surface area contributed by atoms with Gasteiger partial charge in [0.05, 0.1) is 0 Å². The Morgan fingerprint density at radius 3 is 2.61 bits per heavy atom. The fourth-order valence-electron chi connectivity index (χ4n) is 1.50. The van der Waals surface area contributed by atoms with Crippen molar-refractivity contribution in [1.82, 2.24) is 0 Å². The van der Waals surface area contributed by atoms with E-state index in [-0.39, 0.29) is 0 Å². The lowest BCUT2D eigenvalue weighted by Crippen LogP contribution is -2.39. The highest BCUT2D eigenvalue weighted by Gasteiger charge is 2.28. The number of hydrogen-bond acceptors (Lipinski definition) is 4. The number of carbonyl (C=O) groups is 1. The van der Waals surface area contributed by atoms with Crippen LogP contribution in [-0.4, -0.2) is 33.8 Å². The summed E-state index contributed by atoms with van der Waals surface area (Å²) in [5.74, 6) is -0.743. The van der Waals surface area contributed by atoms with Gasteiger partial charge in [0, 0.05) is 0 Å². The molecule has 0 spiro atoms. The maximum atomic E-state index is 11.1. The molecular formula is C13H16O4S. The Labute approximate surface area is 111 Å². The Morgan fingerprint density at radius 2 is 2.06 bits per heavy atom. The number of ether oxygens (including phenoxy) is 1. The summed E-state index contributed by atoms with van der Waals surface area (Å²) in [7, 11) is 0. The number of aliphatic carboxylic acids is 1. The molecule has 0 fully saturated rings. The Balaban J connectivity index is 2.59. The van der Waals surface area contributed by atoms with Gasteiger partial charge < -0.3 is 14.9 Å². The van der Waals surface area contributed by atoms with Gasteiger partial charge in [0.15, 0.2) is 0 Å². The van der Waals surface area contributed by atoms with Gasteiger partial charge in [-0.2, -0.15) is 0 Å². The van der Waals surface area contributed by atoms with Gasteiger partial charge in [-0.05, 0) is 36.8 Å². The van der Waals surface area contributed by atoms with Crippen molar-refractivity contribution >= 4 is 23.6 Å². The molecule has 1 aromatic rings. The molecule has 2 unspecified atom stereocenters. The molecule has 2 N–H and O–H groups in total. The smallest absolute Gasteiger partial charge is 0.347 e. The molecule has 0 bridgehead atoms. The summed E-state index contributed by atoms with van der Waals surface area (Å²) in [6.45, 7) is 0. The van der Waals surface area contributed by atoms with Gasteiger partial charge in [-0.3, -0.25) is 0 Å². The molecule has 0 heterocycles. The van der Waals surface area contributed by atoms with Gasteiger partial charge in [0.1, 0.15) is 11.9 Å². The number of aliphatic hydroxyl groups excluding tert-OH is 1. The Bertz CT molecular complexity index is 380. The lowest BCUT2D eigenvalue weighted by Gasteiger charge is -2.20. The van der Waals surface area contributed by atoms with Crippen molar-refractivity contribution in [2.75, 3.05) is 0 Å². The summed E-state index contributed by atoms with van der Waals surface area (Å²) < 4.78 is 5.28. The van der Waals surface area contributed by atoms with E-state index in [1.165, 1.54) is 0 Å². The molecular weight excluding hydrogens is 252 g/mol. The van der Waals surface area contributed by atoms with Crippen LogP contribution in [0, 0.1) is 0 Å². The summed E-state index contributed by atoms with van der Waals surface area (Å²) in [6, 6.07) is 8.59. The van der Waals surface area contributed by atoms with E-state index in [2.05, 4.69) is 12.2 Å². The van der Waals surface area contributed by atoms with E-state index >= 15 is 0 Å². The molecule has 0 aliphatic heterocycles. The quantitative estimate of drug-likeness (QED) is 0.558. The summed E-state index contributed by atoms with van der Waals surface area (Å²) in [5, 5.41) is 20.4. The minimum absolute atomic E-state index is 0.344. The first-order valence-electron chi connectivity index (χ1n) is 5.71. The first-order valence-corrected chi connectivity index (χ1v) is 6.18. The lowest BCUT2D eigenvalue weighted by atomic mass is 10.1. The third kappa shape index (κ3) is 4.81. The van der Waals surface area contributed by atoms with Crippen LogP contribution in [0.4, 0.5) is 0 Å². The van der Waals surface area contributed by atoms with Gasteiger partial charge in [0.25, 0.3) is 0 Å². The predicted octanol–water partition coefficient (Wildman–Crippen LogP) is 2.05. The van der Waals surface area contributed by atoms with E-state index in [0.29, 0.717) is 25.0 Å². The van der Waals surface area contributed by atoms with Crippen molar-refractivity contribution in [2.45, 2.75) is 31.5 Å². The van der Waals surface area contributed by atoms with E-state index < -0.39 is 18.2 Å². The number of unbranched alkanes of at least 4 members (excludes halogenated alkanes) is 1. The molecule has 0 saturated heterocycles. The highest BCUT2D eigenvalue weighted by molar-refractivity contribution is 7.78. The molecule has 5 heteroatoms. The fraction of sp³-hybridized carbons (Fsp3) is 0.385. The minimum Gasteiger partial charge on any atom is -0.478 e. The first-order chi connectivity index (χ1) is 8.65. The Kier molecular flexibility index (Phi) is 6.32. The van der Waals surface area contributed by atoms with Crippen LogP contribution in [-0.2, 0) is 4.79 Å². The van der Waals surface area contributed by atoms with Crippen LogP contribution in [0.2, 0.25) is 0 Å². The summed E-state index contributed by atoms with van der Waals surface area (Å²) in [4.78, 5) is 11.1. The van der Waals surface area contributed by atoms with Gasteiger partial charge in [-0.25, -0.2) is 4.79 Å². The van der Waals surface area contributed by atoms with E-state index in [0.717, 1.165) is 0 Å². The number of carboxylic acids is 1. The van der Waals surface area contributed by atoms with Crippen molar-refractivity contribution in [3.8, 4) is 5.75 Å². The summed E-state index contributed by atoms with van der Waals surface area (Å²) >= 11 is 4.67. The van der Waals surface area contributed by atoms with Gasteiger partial charge in [0.2, 0.25) is 6.10 Å². The van der Waals surface area contributed by atoms with Crippen LogP contribution in [0.15, 0.2) is 30.3 Å². The molecule has 0 aliphatic carbocycles. The maximum Gasteiger partial charge on any atom is 0.347 e. The van der Waals surface area contributed by atoms with Gasteiger partial charge in [-0.1, -0.05) is 30.4 Å². The highest BCUT2D eigenvalue weighted by atomic mass is 32.1. The predicted molar refractivity (Wildman–Crippen MR) is 72.0 cm³/mol. The molecule has 98 valence electrons.